The zero-order valence-corrected chi connectivity index (χ0v) is 14.1. The van der Waals surface area contributed by atoms with Gasteiger partial charge in [-0.3, -0.25) is 4.79 Å². The van der Waals surface area contributed by atoms with Crippen LogP contribution in [0.25, 0.3) is 0 Å². The summed E-state index contributed by atoms with van der Waals surface area (Å²) >= 11 is 2.51. The Balaban J connectivity index is 1.93. The van der Waals surface area contributed by atoms with Gasteiger partial charge in [-0.1, -0.05) is 11.8 Å². The van der Waals surface area contributed by atoms with E-state index in [0.29, 0.717) is 21.6 Å². The van der Waals surface area contributed by atoms with Crippen molar-refractivity contribution in [3.05, 3.63) is 22.8 Å². The number of hydrogen-bond donors (Lipinski definition) is 1. The number of aromatic nitrogens is 3. The van der Waals surface area contributed by atoms with Crippen LogP contribution in [-0.2, 0) is 16.6 Å². The lowest BCUT2D eigenvalue weighted by atomic mass is 10.3. The summed E-state index contributed by atoms with van der Waals surface area (Å²) in [5, 5.41) is 11.7. The van der Waals surface area contributed by atoms with Gasteiger partial charge in [-0.05, 0) is 25.5 Å². The van der Waals surface area contributed by atoms with E-state index in [1.807, 2.05) is 14.0 Å². The summed E-state index contributed by atoms with van der Waals surface area (Å²) in [5.41, 5.74) is 0.791. The highest BCUT2D eigenvalue weighted by molar-refractivity contribution is 7.99. The average Bonchev–Trinajstić information content (AvgIpc) is 3.03. The molecule has 2 rings (SSSR count). The Morgan fingerprint density at radius 1 is 1.50 bits per heavy atom. The van der Waals surface area contributed by atoms with Crippen LogP contribution in [0.2, 0.25) is 0 Å². The smallest absolute Gasteiger partial charge is 0.348 e. The molecule has 0 aliphatic rings. The van der Waals surface area contributed by atoms with Crippen molar-refractivity contribution in [3.63, 3.8) is 0 Å². The van der Waals surface area contributed by atoms with Crippen LogP contribution < -0.4 is 5.32 Å². The molecule has 2 heterocycles. The summed E-state index contributed by atoms with van der Waals surface area (Å²) in [6.07, 6.45) is 1.58. The molecule has 0 saturated carbocycles. The van der Waals surface area contributed by atoms with Crippen LogP contribution in [0, 0.1) is 6.92 Å². The Bertz CT molecular complexity index is 681. The molecule has 1 N–H and O–H groups in total. The Morgan fingerprint density at radius 3 is 2.91 bits per heavy atom. The summed E-state index contributed by atoms with van der Waals surface area (Å²) in [6.45, 7) is 3.89. The second-order valence-corrected chi connectivity index (χ2v) is 6.40. The van der Waals surface area contributed by atoms with Crippen LogP contribution in [0.3, 0.4) is 0 Å². The van der Waals surface area contributed by atoms with E-state index in [-0.39, 0.29) is 17.6 Å². The molecule has 0 aromatic carbocycles. The van der Waals surface area contributed by atoms with Gasteiger partial charge in [0.2, 0.25) is 5.91 Å². The highest BCUT2D eigenvalue weighted by Gasteiger charge is 2.16. The molecule has 2 aromatic heterocycles. The molecule has 0 aliphatic heterocycles. The van der Waals surface area contributed by atoms with E-state index in [1.54, 1.807) is 23.9 Å². The zero-order valence-electron chi connectivity index (χ0n) is 12.5. The van der Waals surface area contributed by atoms with Crippen molar-refractivity contribution in [3.8, 4) is 0 Å². The summed E-state index contributed by atoms with van der Waals surface area (Å²) in [4.78, 5) is 24.2. The van der Waals surface area contributed by atoms with Crippen molar-refractivity contribution in [2.45, 2.75) is 19.0 Å². The molecule has 0 spiro atoms. The molecular weight excluding hydrogens is 324 g/mol. The van der Waals surface area contributed by atoms with Crippen molar-refractivity contribution in [2.75, 3.05) is 17.7 Å². The minimum atomic E-state index is -0.362. The topological polar surface area (TPSA) is 86.1 Å². The minimum absolute atomic E-state index is 0.162. The van der Waals surface area contributed by atoms with E-state index in [1.165, 1.54) is 23.1 Å². The van der Waals surface area contributed by atoms with E-state index < -0.39 is 0 Å². The standard InChI is InChI=1S/C13H16N4O3S2/c1-4-20-12(19)11-8(2)5-10(22-11)15-9(18)6-21-13-16-14-7-17(13)3/h5,7H,4,6H2,1-3H3,(H,15,18). The van der Waals surface area contributed by atoms with Gasteiger partial charge in [-0.25, -0.2) is 4.79 Å². The molecule has 0 atom stereocenters. The zero-order chi connectivity index (χ0) is 16.1. The van der Waals surface area contributed by atoms with Crippen LogP contribution in [0.5, 0.6) is 0 Å². The third kappa shape index (κ3) is 4.08. The second-order valence-electron chi connectivity index (χ2n) is 4.40. The number of nitrogens with zero attached hydrogens (tertiary/aromatic N) is 3. The van der Waals surface area contributed by atoms with Gasteiger partial charge in [-0.2, -0.15) is 0 Å². The maximum Gasteiger partial charge on any atom is 0.348 e. The number of ether oxygens (including phenoxy) is 1. The molecule has 0 unspecified atom stereocenters. The van der Waals surface area contributed by atoms with E-state index >= 15 is 0 Å². The predicted molar refractivity (Wildman–Crippen MR) is 85.4 cm³/mol. The number of hydrogen-bond acceptors (Lipinski definition) is 7. The fourth-order valence-electron chi connectivity index (χ4n) is 1.65. The third-order valence-electron chi connectivity index (χ3n) is 2.64. The van der Waals surface area contributed by atoms with E-state index in [4.69, 9.17) is 4.74 Å². The molecule has 2 aromatic rings. The monoisotopic (exact) mass is 340 g/mol. The van der Waals surface area contributed by atoms with Crippen molar-refractivity contribution >= 4 is 40.0 Å². The number of amides is 1. The van der Waals surface area contributed by atoms with Gasteiger partial charge in [0.15, 0.2) is 5.16 Å². The molecule has 7 nitrogen and oxygen atoms in total. The first kappa shape index (κ1) is 16.5. The van der Waals surface area contributed by atoms with Crippen LogP contribution in [-0.4, -0.2) is 39.0 Å². The first-order chi connectivity index (χ1) is 10.5. The van der Waals surface area contributed by atoms with E-state index in [9.17, 15) is 9.59 Å². The molecule has 0 bridgehead atoms. The van der Waals surface area contributed by atoms with Gasteiger partial charge in [0, 0.05) is 7.05 Å². The molecule has 118 valence electrons. The van der Waals surface area contributed by atoms with Crippen molar-refractivity contribution in [1.82, 2.24) is 14.8 Å². The number of esters is 1. The highest BCUT2D eigenvalue weighted by atomic mass is 32.2. The number of thioether (sulfide) groups is 1. The molecule has 0 radical (unpaired) electrons. The first-order valence-electron chi connectivity index (χ1n) is 6.55. The van der Waals surface area contributed by atoms with E-state index in [2.05, 4.69) is 15.5 Å². The highest BCUT2D eigenvalue weighted by Crippen LogP contribution is 2.27. The van der Waals surface area contributed by atoms with Crippen LogP contribution in [0.4, 0.5) is 5.00 Å². The lowest BCUT2D eigenvalue weighted by Crippen LogP contribution is -2.13. The lowest BCUT2D eigenvalue weighted by molar-refractivity contribution is -0.113. The largest absolute Gasteiger partial charge is 0.462 e. The fraction of sp³-hybridized carbons (Fsp3) is 0.385. The Kier molecular flexibility index (Phi) is 5.56. The number of carbonyl (C=O) groups excluding carboxylic acids is 2. The second kappa shape index (κ2) is 7.41. The van der Waals surface area contributed by atoms with E-state index in [0.717, 1.165) is 5.56 Å². The van der Waals surface area contributed by atoms with Gasteiger partial charge in [-0.15, -0.1) is 21.5 Å². The van der Waals surface area contributed by atoms with Crippen LogP contribution in [0.1, 0.15) is 22.2 Å². The van der Waals surface area contributed by atoms with Crippen LogP contribution >= 0.6 is 23.1 Å². The van der Waals surface area contributed by atoms with Crippen molar-refractivity contribution in [2.24, 2.45) is 7.05 Å². The number of aryl methyl sites for hydroxylation is 2. The number of carbonyl (C=O) groups is 2. The quantitative estimate of drug-likeness (QED) is 0.640. The average molecular weight is 340 g/mol. The molecule has 1 amide bonds. The van der Waals surface area contributed by atoms with Crippen LogP contribution in [0.15, 0.2) is 17.6 Å². The number of nitrogens with one attached hydrogen (secondary N) is 1. The van der Waals surface area contributed by atoms with Gasteiger partial charge in [0.1, 0.15) is 11.2 Å². The Labute approximate surface area is 136 Å². The number of rotatable bonds is 6. The van der Waals surface area contributed by atoms with Gasteiger partial charge in [0.05, 0.1) is 17.4 Å². The number of anilines is 1. The third-order valence-corrected chi connectivity index (χ3v) is 4.81. The van der Waals surface area contributed by atoms with Gasteiger partial charge < -0.3 is 14.6 Å². The molecular formula is C13H16N4O3S2. The normalized spacial score (nSPS) is 10.5. The summed E-state index contributed by atoms with van der Waals surface area (Å²) in [6, 6.07) is 1.77. The Hall–Kier alpha value is -1.87. The number of thiophene rings is 1. The predicted octanol–water partition coefficient (Wildman–Crippen LogP) is 2.09. The first-order valence-corrected chi connectivity index (χ1v) is 8.35. The molecule has 0 aliphatic carbocycles. The molecule has 22 heavy (non-hydrogen) atoms. The van der Waals surface area contributed by atoms with Gasteiger partial charge in [0.25, 0.3) is 0 Å². The maximum atomic E-state index is 11.9. The fourth-order valence-corrected chi connectivity index (χ4v) is 3.32. The summed E-state index contributed by atoms with van der Waals surface area (Å²) in [7, 11) is 1.81. The summed E-state index contributed by atoms with van der Waals surface area (Å²) < 4.78 is 6.72. The molecule has 9 heteroatoms. The Morgan fingerprint density at radius 2 is 2.27 bits per heavy atom. The molecule has 0 saturated heterocycles. The SMILES string of the molecule is CCOC(=O)c1sc(NC(=O)CSc2nncn2C)cc1C. The van der Waals surface area contributed by atoms with Crippen molar-refractivity contribution < 1.29 is 14.3 Å². The maximum absolute atomic E-state index is 11.9. The van der Waals surface area contributed by atoms with Crippen molar-refractivity contribution in [1.29, 1.82) is 0 Å². The van der Waals surface area contributed by atoms with Gasteiger partial charge >= 0.3 is 5.97 Å². The minimum Gasteiger partial charge on any atom is -0.462 e. The lowest BCUT2D eigenvalue weighted by Gasteiger charge is -2.02. The molecule has 0 fully saturated rings. The summed E-state index contributed by atoms with van der Waals surface area (Å²) in [5.74, 6) is -0.304.